The Morgan fingerprint density at radius 3 is 2.73 bits per heavy atom. The van der Waals surface area contributed by atoms with Crippen molar-refractivity contribution >= 4 is 23.1 Å². The fourth-order valence-corrected chi connectivity index (χ4v) is 2.43. The molecule has 0 fully saturated rings. The lowest BCUT2D eigenvalue weighted by atomic mass is 10.0. The largest absolute Gasteiger partial charge is 0.377 e. The zero-order chi connectivity index (χ0) is 15.8. The fraction of sp³-hybridized carbons (Fsp3) is 0.118. The van der Waals surface area contributed by atoms with E-state index in [1.807, 2.05) is 49.4 Å². The molecule has 0 aliphatic carbocycles. The number of benzene rings is 2. The minimum absolute atomic E-state index is 0.411. The maximum Gasteiger partial charge on any atom is 0.180 e. The molecule has 0 aliphatic rings. The smallest absolute Gasteiger partial charge is 0.180 e. The van der Waals surface area contributed by atoms with Crippen molar-refractivity contribution in [3.05, 3.63) is 70.8 Å². The Balaban J connectivity index is 1.97. The van der Waals surface area contributed by atoms with Gasteiger partial charge in [0, 0.05) is 5.75 Å². The lowest BCUT2D eigenvalue weighted by Crippen LogP contribution is -2.06. The molecule has 0 saturated heterocycles. The normalized spacial score (nSPS) is 11.5. The Kier molecular flexibility index (Phi) is 5.75. The van der Waals surface area contributed by atoms with Crippen molar-refractivity contribution in [2.75, 3.05) is 0 Å². The number of hydrogen-bond acceptors (Lipinski definition) is 4. The molecule has 0 aromatic heterocycles. The molecule has 0 heterocycles. The monoisotopic (exact) mass is 308 g/mol. The first-order valence-electron chi connectivity index (χ1n) is 6.73. The molecule has 0 spiro atoms. The van der Waals surface area contributed by atoms with E-state index in [0.29, 0.717) is 10.7 Å². The van der Waals surface area contributed by atoms with Crippen molar-refractivity contribution < 1.29 is 0 Å². The van der Waals surface area contributed by atoms with Gasteiger partial charge in [0.2, 0.25) is 0 Å². The molecule has 0 radical (unpaired) electrons. The van der Waals surface area contributed by atoms with Gasteiger partial charge in [0.15, 0.2) is 5.17 Å². The second kappa shape index (κ2) is 8.01. The Labute approximate surface area is 134 Å². The van der Waals surface area contributed by atoms with Crippen LogP contribution < -0.4 is 5.73 Å². The van der Waals surface area contributed by atoms with Gasteiger partial charge in [-0.15, -0.1) is 5.10 Å². The molecule has 2 N–H and O–H groups in total. The van der Waals surface area contributed by atoms with Gasteiger partial charge in [0.25, 0.3) is 0 Å². The van der Waals surface area contributed by atoms with E-state index in [2.05, 4.69) is 16.3 Å². The van der Waals surface area contributed by atoms with Gasteiger partial charge in [0.1, 0.15) is 0 Å². The highest BCUT2D eigenvalue weighted by atomic mass is 32.2. The molecule has 0 amide bonds. The zero-order valence-electron chi connectivity index (χ0n) is 12.2. The molecule has 110 valence electrons. The molecule has 2 rings (SSSR count). The standard InChI is InChI=1S/C17H16N4S/c1-13-15(10-18)8-5-9-16(13)11-20-21-17(19)22-12-14-6-3-2-4-7-14/h2-9,11H,12H2,1H3,(H2,19,21). The molecule has 2 aromatic rings. The highest BCUT2D eigenvalue weighted by Gasteiger charge is 2.00. The van der Waals surface area contributed by atoms with Crippen LogP contribution in [0.25, 0.3) is 0 Å². The van der Waals surface area contributed by atoms with Crippen molar-refractivity contribution in [2.24, 2.45) is 15.9 Å². The van der Waals surface area contributed by atoms with E-state index in [0.717, 1.165) is 16.9 Å². The summed E-state index contributed by atoms with van der Waals surface area (Å²) in [7, 11) is 0. The summed E-state index contributed by atoms with van der Waals surface area (Å²) in [5.74, 6) is 0.759. The maximum atomic E-state index is 8.99. The van der Waals surface area contributed by atoms with E-state index in [-0.39, 0.29) is 0 Å². The Bertz CT molecular complexity index is 730. The summed E-state index contributed by atoms with van der Waals surface area (Å²) in [4.78, 5) is 0. The molecular weight excluding hydrogens is 292 g/mol. The lowest BCUT2D eigenvalue weighted by Gasteiger charge is -2.01. The average Bonchev–Trinajstić information content (AvgIpc) is 2.55. The molecule has 5 heteroatoms. The molecule has 2 aromatic carbocycles. The van der Waals surface area contributed by atoms with Crippen LogP contribution in [-0.4, -0.2) is 11.4 Å². The van der Waals surface area contributed by atoms with Crippen LogP contribution in [0.4, 0.5) is 0 Å². The van der Waals surface area contributed by atoms with E-state index >= 15 is 0 Å². The first kappa shape index (κ1) is 15.8. The van der Waals surface area contributed by atoms with Crippen LogP contribution in [0.5, 0.6) is 0 Å². The van der Waals surface area contributed by atoms with Gasteiger partial charge in [-0.25, -0.2) is 0 Å². The highest BCUT2D eigenvalue weighted by molar-refractivity contribution is 8.13. The van der Waals surface area contributed by atoms with Gasteiger partial charge in [-0.2, -0.15) is 10.4 Å². The van der Waals surface area contributed by atoms with Crippen molar-refractivity contribution in [2.45, 2.75) is 12.7 Å². The van der Waals surface area contributed by atoms with Crippen molar-refractivity contribution in [1.29, 1.82) is 5.26 Å². The Morgan fingerprint density at radius 1 is 1.23 bits per heavy atom. The predicted octanol–water partition coefficient (Wildman–Crippen LogP) is 3.45. The first-order chi connectivity index (χ1) is 10.7. The van der Waals surface area contributed by atoms with Crippen LogP contribution >= 0.6 is 11.8 Å². The number of hydrogen-bond donors (Lipinski definition) is 1. The maximum absolute atomic E-state index is 8.99. The quantitative estimate of drug-likeness (QED) is 0.534. The fourth-order valence-electron chi connectivity index (χ4n) is 1.82. The third kappa shape index (κ3) is 4.47. The van der Waals surface area contributed by atoms with Gasteiger partial charge < -0.3 is 5.73 Å². The SMILES string of the molecule is Cc1c(C#N)cccc1C=NN=C(N)SCc1ccccc1. The molecular formula is C17H16N4S. The number of nitrogens with zero attached hydrogens (tertiary/aromatic N) is 3. The second-order valence-corrected chi connectivity index (χ2v) is 5.58. The third-order valence-corrected chi connectivity index (χ3v) is 3.93. The lowest BCUT2D eigenvalue weighted by molar-refractivity contribution is 1.24. The van der Waals surface area contributed by atoms with Gasteiger partial charge in [-0.3, -0.25) is 0 Å². The summed E-state index contributed by atoms with van der Waals surface area (Å²) in [6.45, 7) is 1.89. The number of amidine groups is 1. The van der Waals surface area contributed by atoms with Crippen LogP contribution in [0.3, 0.4) is 0 Å². The number of thioether (sulfide) groups is 1. The molecule has 4 nitrogen and oxygen atoms in total. The average molecular weight is 308 g/mol. The van der Waals surface area contributed by atoms with Gasteiger partial charge in [-0.05, 0) is 29.7 Å². The van der Waals surface area contributed by atoms with Crippen LogP contribution in [-0.2, 0) is 5.75 Å². The minimum Gasteiger partial charge on any atom is -0.377 e. The van der Waals surface area contributed by atoms with Crippen LogP contribution in [0.1, 0.15) is 22.3 Å². The summed E-state index contributed by atoms with van der Waals surface area (Å²) >= 11 is 1.44. The first-order valence-corrected chi connectivity index (χ1v) is 7.72. The van der Waals surface area contributed by atoms with Crippen LogP contribution in [0, 0.1) is 18.3 Å². The summed E-state index contributed by atoms with van der Waals surface area (Å²) in [6.07, 6.45) is 1.62. The molecule has 0 unspecified atom stereocenters. The second-order valence-electron chi connectivity index (χ2n) is 4.59. The summed E-state index contributed by atoms with van der Waals surface area (Å²) in [5, 5.41) is 17.4. The summed E-state index contributed by atoms with van der Waals surface area (Å²) in [6, 6.07) is 17.7. The molecule has 0 aliphatic heterocycles. The topological polar surface area (TPSA) is 74.5 Å². The Hall–Kier alpha value is -2.58. The zero-order valence-corrected chi connectivity index (χ0v) is 13.0. The number of nitriles is 1. The minimum atomic E-state index is 0.411. The van der Waals surface area contributed by atoms with Crippen LogP contribution in [0.2, 0.25) is 0 Å². The van der Waals surface area contributed by atoms with E-state index in [9.17, 15) is 0 Å². The number of rotatable bonds is 4. The Morgan fingerprint density at radius 2 is 2.00 bits per heavy atom. The van der Waals surface area contributed by atoms with E-state index < -0.39 is 0 Å². The van der Waals surface area contributed by atoms with Crippen molar-refractivity contribution in [1.82, 2.24) is 0 Å². The molecule has 22 heavy (non-hydrogen) atoms. The van der Waals surface area contributed by atoms with Gasteiger partial charge in [-0.1, -0.05) is 54.2 Å². The third-order valence-electron chi connectivity index (χ3n) is 3.08. The van der Waals surface area contributed by atoms with E-state index in [4.69, 9.17) is 11.0 Å². The van der Waals surface area contributed by atoms with Gasteiger partial charge >= 0.3 is 0 Å². The van der Waals surface area contributed by atoms with Crippen molar-refractivity contribution in [3.63, 3.8) is 0 Å². The summed E-state index contributed by atoms with van der Waals surface area (Å²) < 4.78 is 0. The number of nitrogens with two attached hydrogens (primary N) is 1. The molecule has 0 atom stereocenters. The van der Waals surface area contributed by atoms with Crippen LogP contribution in [0.15, 0.2) is 58.7 Å². The predicted molar refractivity (Wildman–Crippen MR) is 92.8 cm³/mol. The van der Waals surface area contributed by atoms with Crippen molar-refractivity contribution in [3.8, 4) is 6.07 Å². The highest BCUT2D eigenvalue weighted by Crippen LogP contribution is 2.12. The van der Waals surface area contributed by atoms with E-state index in [1.165, 1.54) is 17.3 Å². The van der Waals surface area contributed by atoms with E-state index in [1.54, 1.807) is 12.3 Å². The molecule has 0 bridgehead atoms. The molecule has 0 saturated carbocycles. The van der Waals surface area contributed by atoms with Gasteiger partial charge in [0.05, 0.1) is 17.8 Å². The summed E-state index contributed by atoms with van der Waals surface area (Å²) in [5.41, 5.74) is 9.41.